The Morgan fingerprint density at radius 2 is 1.83 bits per heavy atom. The van der Waals surface area contributed by atoms with E-state index in [4.69, 9.17) is 5.11 Å². The number of hydrogen-bond acceptors (Lipinski definition) is 3. The van der Waals surface area contributed by atoms with Crippen LogP contribution in [0.25, 0.3) is 0 Å². The third-order valence-corrected chi connectivity index (χ3v) is 3.44. The summed E-state index contributed by atoms with van der Waals surface area (Å²) in [6.45, 7) is 2.04. The zero-order valence-electron chi connectivity index (χ0n) is 10.0. The van der Waals surface area contributed by atoms with E-state index in [1.54, 1.807) is 31.2 Å². The monoisotopic (exact) mass is 272 g/mol. The maximum atomic E-state index is 11.4. The van der Waals surface area contributed by atoms with Crippen LogP contribution in [0.4, 0.5) is 0 Å². The molecule has 7 heteroatoms. The van der Waals surface area contributed by atoms with Crippen molar-refractivity contribution in [3.63, 3.8) is 0 Å². The molecule has 0 aliphatic carbocycles. The standard InChI is InChI=1S/C11H16N2O4S/c1-2-12-18(16,17)13-8-10-6-4-3-5-9(10)7-11(14)15/h3-6,12-13H,2,7-8H2,1H3,(H,14,15). The van der Waals surface area contributed by atoms with Gasteiger partial charge >= 0.3 is 5.97 Å². The van der Waals surface area contributed by atoms with Gasteiger partial charge in [0.05, 0.1) is 6.42 Å². The number of hydrogen-bond donors (Lipinski definition) is 3. The quantitative estimate of drug-likeness (QED) is 0.663. The number of carboxylic acids is 1. The predicted molar refractivity (Wildman–Crippen MR) is 67.2 cm³/mol. The number of carbonyl (C=O) groups is 1. The van der Waals surface area contributed by atoms with Gasteiger partial charge < -0.3 is 5.11 Å². The van der Waals surface area contributed by atoms with Crippen molar-refractivity contribution in [3.05, 3.63) is 35.4 Å². The Labute approximate surface area is 106 Å². The fourth-order valence-electron chi connectivity index (χ4n) is 1.48. The number of nitrogens with one attached hydrogen (secondary N) is 2. The largest absolute Gasteiger partial charge is 0.481 e. The van der Waals surface area contributed by atoms with Crippen LogP contribution >= 0.6 is 0 Å². The van der Waals surface area contributed by atoms with Crippen molar-refractivity contribution in [2.45, 2.75) is 19.9 Å². The molecule has 18 heavy (non-hydrogen) atoms. The van der Waals surface area contributed by atoms with Crippen molar-refractivity contribution in [2.75, 3.05) is 6.54 Å². The Hall–Kier alpha value is -1.44. The van der Waals surface area contributed by atoms with Gasteiger partial charge in [-0.05, 0) is 11.1 Å². The molecule has 0 radical (unpaired) electrons. The van der Waals surface area contributed by atoms with Crippen LogP contribution in [0, 0.1) is 0 Å². The second kappa shape index (κ2) is 6.48. The summed E-state index contributed by atoms with van der Waals surface area (Å²) < 4.78 is 27.5. The van der Waals surface area contributed by atoms with Crippen molar-refractivity contribution in [1.29, 1.82) is 0 Å². The van der Waals surface area contributed by atoms with Crippen molar-refractivity contribution < 1.29 is 18.3 Å². The Kier molecular flexibility index (Phi) is 5.26. The molecule has 0 unspecified atom stereocenters. The Morgan fingerprint density at radius 1 is 1.22 bits per heavy atom. The van der Waals surface area contributed by atoms with E-state index < -0.39 is 16.2 Å². The van der Waals surface area contributed by atoms with Crippen LogP contribution in [0.15, 0.2) is 24.3 Å². The molecule has 100 valence electrons. The fraction of sp³-hybridized carbons (Fsp3) is 0.364. The maximum absolute atomic E-state index is 11.4. The Balaban J connectivity index is 2.76. The lowest BCUT2D eigenvalue weighted by Gasteiger charge is -2.09. The SMILES string of the molecule is CCNS(=O)(=O)NCc1ccccc1CC(=O)O. The van der Waals surface area contributed by atoms with E-state index in [1.807, 2.05) is 0 Å². The van der Waals surface area contributed by atoms with Gasteiger partial charge in [-0.3, -0.25) is 4.79 Å². The molecule has 0 heterocycles. The second-order valence-electron chi connectivity index (χ2n) is 3.66. The number of carboxylic acid groups (broad SMARTS) is 1. The predicted octanol–water partition coefficient (Wildman–Crippen LogP) is 0.258. The maximum Gasteiger partial charge on any atom is 0.307 e. The summed E-state index contributed by atoms with van der Waals surface area (Å²) in [5.74, 6) is -0.947. The second-order valence-corrected chi connectivity index (χ2v) is 5.25. The molecule has 0 amide bonds. The lowest BCUT2D eigenvalue weighted by Crippen LogP contribution is -2.36. The Morgan fingerprint density at radius 3 is 2.39 bits per heavy atom. The van der Waals surface area contributed by atoms with Gasteiger partial charge in [-0.25, -0.2) is 4.72 Å². The van der Waals surface area contributed by atoms with Crippen molar-refractivity contribution in [2.24, 2.45) is 0 Å². The van der Waals surface area contributed by atoms with E-state index in [-0.39, 0.29) is 13.0 Å². The van der Waals surface area contributed by atoms with Gasteiger partial charge in [0.1, 0.15) is 0 Å². The molecular formula is C11H16N2O4S. The highest BCUT2D eigenvalue weighted by molar-refractivity contribution is 7.87. The summed E-state index contributed by atoms with van der Waals surface area (Å²) in [6, 6.07) is 6.83. The minimum atomic E-state index is -3.52. The van der Waals surface area contributed by atoms with Gasteiger partial charge in [-0.2, -0.15) is 13.1 Å². The van der Waals surface area contributed by atoms with E-state index in [0.717, 1.165) is 0 Å². The average Bonchev–Trinajstić information content (AvgIpc) is 2.27. The molecule has 0 aliphatic rings. The molecule has 1 aromatic rings. The minimum Gasteiger partial charge on any atom is -0.481 e. The summed E-state index contributed by atoms with van der Waals surface area (Å²) in [5.41, 5.74) is 1.26. The summed E-state index contributed by atoms with van der Waals surface area (Å²) in [6.07, 6.45) is -0.126. The van der Waals surface area contributed by atoms with Gasteiger partial charge in [-0.1, -0.05) is 31.2 Å². The van der Waals surface area contributed by atoms with Crippen molar-refractivity contribution in [3.8, 4) is 0 Å². The molecular weight excluding hydrogens is 256 g/mol. The first-order chi connectivity index (χ1) is 8.44. The molecule has 0 saturated heterocycles. The lowest BCUT2D eigenvalue weighted by atomic mass is 10.1. The van der Waals surface area contributed by atoms with Crippen molar-refractivity contribution >= 4 is 16.2 Å². The zero-order valence-corrected chi connectivity index (χ0v) is 10.8. The molecule has 0 aromatic heterocycles. The first-order valence-electron chi connectivity index (χ1n) is 5.47. The van der Waals surface area contributed by atoms with Gasteiger partial charge in [0.25, 0.3) is 10.2 Å². The summed E-state index contributed by atoms with van der Waals surface area (Å²) in [7, 11) is -3.52. The first-order valence-corrected chi connectivity index (χ1v) is 6.95. The van der Waals surface area contributed by atoms with Crippen LogP contribution in [0.5, 0.6) is 0 Å². The molecule has 0 atom stereocenters. The third kappa shape index (κ3) is 4.82. The molecule has 1 aromatic carbocycles. The van der Waals surface area contributed by atoms with E-state index >= 15 is 0 Å². The third-order valence-electron chi connectivity index (χ3n) is 2.25. The van der Waals surface area contributed by atoms with E-state index in [0.29, 0.717) is 17.7 Å². The summed E-state index contributed by atoms with van der Waals surface area (Å²) in [4.78, 5) is 10.7. The van der Waals surface area contributed by atoms with Crippen LogP contribution in [0.1, 0.15) is 18.1 Å². The van der Waals surface area contributed by atoms with Gasteiger partial charge in [0.2, 0.25) is 0 Å². The summed E-state index contributed by atoms with van der Waals surface area (Å²) >= 11 is 0. The highest BCUT2D eigenvalue weighted by atomic mass is 32.2. The first kappa shape index (κ1) is 14.6. The van der Waals surface area contributed by atoms with Crippen LogP contribution in [0.2, 0.25) is 0 Å². The van der Waals surface area contributed by atoms with E-state index in [1.165, 1.54) is 0 Å². The summed E-state index contributed by atoms with van der Waals surface area (Å²) in [5, 5.41) is 8.75. The number of benzene rings is 1. The van der Waals surface area contributed by atoms with Crippen molar-refractivity contribution in [1.82, 2.24) is 9.44 Å². The molecule has 0 aliphatic heterocycles. The van der Waals surface area contributed by atoms with Gasteiger partial charge in [-0.15, -0.1) is 0 Å². The topological polar surface area (TPSA) is 95.5 Å². The minimum absolute atomic E-state index is 0.0682. The van der Waals surface area contributed by atoms with Crippen LogP contribution in [-0.2, 0) is 28.0 Å². The highest BCUT2D eigenvalue weighted by Crippen LogP contribution is 2.09. The number of rotatable bonds is 7. The fourth-order valence-corrected chi connectivity index (χ4v) is 2.31. The van der Waals surface area contributed by atoms with E-state index in [2.05, 4.69) is 9.44 Å². The molecule has 6 nitrogen and oxygen atoms in total. The molecule has 0 saturated carbocycles. The highest BCUT2D eigenvalue weighted by Gasteiger charge is 2.10. The normalized spacial score (nSPS) is 11.4. The lowest BCUT2D eigenvalue weighted by molar-refractivity contribution is -0.136. The van der Waals surface area contributed by atoms with Crippen LogP contribution in [-0.4, -0.2) is 26.0 Å². The molecule has 0 fully saturated rings. The van der Waals surface area contributed by atoms with Gasteiger partial charge in [0, 0.05) is 13.1 Å². The smallest absolute Gasteiger partial charge is 0.307 e. The molecule has 1 rings (SSSR count). The number of aliphatic carboxylic acids is 1. The van der Waals surface area contributed by atoms with Gasteiger partial charge in [0.15, 0.2) is 0 Å². The molecule has 0 spiro atoms. The molecule has 0 bridgehead atoms. The van der Waals surface area contributed by atoms with Crippen LogP contribution < -0.4 is 9.44 Å². The van der Waals surface area contributed by atoms with Crippen LogP contribution in [0.3, 0.4) is 0 Å². The molecule has 3 N–H and O–H groups in total. The average molecular weight is 272 g/mol. The Bertz CT molecular complexity index is 514. The zero-order chi connectivity index (χ0) is 13.6. The van der Waals surface area contributed by atoms with E-state index in [9.17, 15) is 13.2 Å².